The van der Waals surface area contributed by atoms with E-state index in [0.717, 1.165) is 12.8 Å². The molecule has 0 saturated heterocycles. The number of benzene rings is 1. The monoisotopic (exact) mass is 313 g/mol. The van der Waals surface area contributed by atoms with Gasteiger partial charge < -0.3 is 5.32 Å². The van der Waals surface area contributed by atoms with Crippen molar-refractivity contribution in [1.29, 1.82) is 0 Å². The molecular weight excluding hydrogens is 294 g/mol. The van der Waals surface area contributed by atoms with Gasteiger partial charge in [-0.3, -0.25) is 10.1 Å². The standard InChI is InChI=1S/C13H19N3O4S/c1-3-9-7-11(9)15-21(19,20)13-6-5-10(16(17)18)8-12(13)14-4-2/h5-6,8-9,11,14-15H,3-4,7H2,1-2H3. The van der Waals surface area contributed by atoms with Crippen LogP contribution in [-0.4, -0.2) is 25.9 Å². The van der Waals surface area contributed by atoms with Crippen LogP contribution < -0.4 is 10.0 Å². The van der Waals surface area contributed by atoms with Gasteiger partial charge in [0.05, 0.1) is 10.6 Å². The fourth-order valence-corrected chi connectivity index (χ4v) is 3.78. The van der Waals surface area contributed by atoms with Crippen molar-refractivity contribution in [1.82, 2.24) is 4.72 Å². The Kier molecular flexibility index (Phi) is 4.48. The highest BCUT2D eigenvalue weighted by Crippen LogP contribution is 2.35. The Morgan fingerprint density at radius 2 is 2.10 bits per heavy atom. The molecule has 1 aromatic carbocycles. The summed E-state index contributed by atoms with van der Waals surface area (Å²) in [7, 11) is -3.67. The van der Waals surface area contributed by atoms with E-state index >= 15 is 0 Å². The highest BCUT2D eigenvalue weighted by Gasteiger charge is 2.39. The number of sulfonamides is 1. The van der Waals surface area contributed by atoms with Gasteiger partial charge in [-0.25, -0.2) is 13.1 Å². The molecule has 1 aromatic rings. The van der Waals surface area contributed by atoms with Crippen molar-refractivity contribution in [3.05, 3.63) is 28.3 Å². The van der Waals surface area contributed by atoms with Crippen molar-refractivity contribution < 1.29 is 13.3 Å². The lowest BCUT2D eigenvalue weighted by Crippen LogP contribution is -2.27. The third-order valence-corrected chi connectivity index (χ3v) is 5.13. The Hall–Kier alpha value is -1.67. The summed E-state index contributed by atoms with van der Waals surface area (Å²) in [5.74, 6) is 0.389. The van der Waals surface area contributed by atoms with E-state index in [1.54, 1.807) is 6.92 Å². The molecule has 1 aliphatic carbocycles. The normalized spacial score (nSPS) is 21.0. The summed E-state index contributed by atoms with van der Waals surface area (Å²) in [6.07, 6.45) is 1.78. The minimum atomic E-state index is -3.67. The van der Waals surface area contributed by atoms with Crippen molar-refractivity contribution in [2.75, 3.05) is 11.9 Å². The molecule has 2 atom stereocenters. The van der Waals surface area contributed by atoms with E-state index < -0.39 is 14.9 Å². The quantitative estimate of drug-likeness (QED) is 0.593. The first-order chi connectivity index (χ1) is 9.89. The number of non-ortho nitro benzene ring substituents is 1. The molecule has 2 rings (SSSR count). The van der Waals surface area contributed by atoms with Gasteiger partial charge in [0.1, 0.15) is 4.90 Å². The molecule has 1 aliphatic rings. The van der Waals surface area contributed by atoms with Crippen LogP contribution in [0, 0.1) is 16.0 Å². The predicted molar refractivity (Wildman–Crippen MR) is 79.8 cm³/mol. The molecule has 2 N–H and O–H groups in total. The number of hydrogen-bond acceptors (Lipinski definition) is 5. The lowest BCUT2D eigenvalue weighted by Gasteiger charge is -2.12. The van der Waals surface area contributed by atoms with E-state index in [2.05, 4.69) is 10.0 Å². The van der Waals surface area contributed by atoms with Crippen molar-refractivity contribution in [2.24, 2.45) is 5.92 Å². The summed E-state index contributed by atoms with van der Waals surface area (Å²) in [4.78, 5) is 10.3. The number of hydrogen-bond donors (Lipinski definition) is 2. The Morgan fingerprint density at radius 1 is 1.38 bits per heavy atom. The second kappa shape index (κ2) is 5.98. The third kappa shape index (κ3) is 3.51. The molecular formula is C13H19N3O4S. The molecule has 1 saturated carbocycles. The van der Waals surface area contributed by atoms with Gasteiger partial charge in [0.25, 0.3) is 5.69 Å². The van der Waals surface area contributed by atoms with Gasteiger partial charge in [-0.2, -0.15) is 0 Å². The summed E-state index contributed by atoms with van der Waals surface area (Å²) < 4.78 is 27.5. The highest BCUT2D eigenvalue weighted by molar-refractivity contribution is 7.89. The largest absolute Gasteiger partial charge is 0.384 e. The maximum absolute atomic E-state index is 12.4. The van der Waals surface area contributed by atoms with Gasteiger partial charge in [-0.1, -0.05) is 13.3 Å². The fourth-order valence-electron chi connectivity index (χ4n) is 2.30. The van der Waals surface area contributed by atoms with E-state index in [0.29, 0.717) is 12.5 Å². The molecule has 0 spiro atoms. The van der Waals surface area contributed by atoms with E-state index in [1.807, 2.05) is 6.92 Å². The van der Waals surface area contributed by atoms with Crippen LogP contribution in [0.15, 0.2) is 23.1 Å². The summed E-state index contributed by atoms with van der Waals surface area (Å²) in [6, 6.07) is 3.72. The summed E-state index contributed by atoms with van der Waals surface area (Å²) in [6.45, 7) is 4.30. The van der Waals surface area contributed by atoms with E-state index in [-0.39, 0.29) is 22.3 Å². The van der Waals surface area contributed by atoms with E-state index in [9.17, 15) is 18.5 Å². The molecule has 0 heterocycles. The topological polar surface area (TPSA) is 101 Å². The Balaban J connectivity index is 2.31. The Bertz CT molecular complexity index is 645. The molecule has 0 radical (unpaired) electrons. The zero-order valence-corrected chi connectivity index (χ0v) is 12.8. The fraction of sp³-hybridized carbons (Fsp3) is 0.538. The third-order valence-electron chi connectivity index (χ3n) is 3.58. The molecule has 1 fully saturated rings. The van der Waals surface area contributed by atoms with Crippen molar-refractivity contribution in [3.63, 3.8) is 0 Å². The molecule has 21 heavy (non-hydrogen) atoms. The number of nitrogens with one attached hydrogen (secondary N) is 2. The van der Waals surface area contributed by atoms with Crippen LogP contribution in [0.4, 0.5) is 11.4 Å². The Morgan fingerprint density at radius 3 is 2.62 bits per heavy atom. The summed E-state index contributed by atoms with van der Waals surface area (Å²) >= 11 is 0. The number of nitrogens with zero attached hydrogens (tertiary/aromatic N) is 1. The zero-order chi connectivity index (χ0) is 15.6. The SMILES string of the molecule is CCNc1cc([N+](=O)[O-])ccc1S(=O)(=O)NC1CC1CC. The van der Waals surface area contributed by atoms with Crippen LogP contribution in [0.2, 0.25) is 0 Å². The first-order valence-electron chi connectivity index (χ1n) is 6.93. The van der Waals surface area contributed by atoms with Crippen LogP contribution in [0.1, 0.15) is 26.7 Å². The second-order valence-corrected chi connectivity index (χ2v) is 6.78. The lowest BCUT2D eigenvalue weighted by atomic mass is 10.3. The average molecular weight is 313 g/mol. The highest BCUT2D eigenvalue weighted by atomic mass is 32.2. The number of rotatable bonds is 7. The smallest absolute Gasteiger partial charge is 0.271 e. The Labute approximate surface area is 123 Å². The van der Waals surface area contributed by atoms with Crippen LogP contribution >= 0.6 is 0 Å². The molecule has 7 nitrogen and oxygen atoms in total. The molecule has 0 aliphatic heterocycles. The van der Waals surface area contributed by atoms with Crippen LogP contribution in [0.5, 0.6) is 0 Å². The van der Waals surface area contributed by atoms with Crippen LogP contribution in [-0.2, 0) is 10.0 Å². The number of nitro benzene ring substituents is 1. The molecule has 2 unspecified atom stereocenters. The molecule has 116 valence electrons. The zero-order valence-electron chi connectivity index (χ0n) is 12.0. The van der Waals surface area contributed by atoms with E-state index in [4.69, 9.17) is 0 Å². The van der Waals surface area contributed by atoms with Gasteiger partial charge in [-0.05, 0) is 25.3 Å². The molecule has 0 amide bonds. The van der Waals surface area contributed by atoms with Crippen molar-refractivity contribution >= 4 is 21.4 Å². The average Bonchev–Trinajstić information content (AvgIpc) is 3.16. The molecule has 0 aromatic heterocycles. The van der Waals surface area contributed by atoms with Gasteiger partial charge in [0.15, 0.2) is 0 Å². The van der Waals surface area contributed by atoms with Gasteiger partial charge >= 0.3 is 0 Å². The lowest BCUT2D eigenvalue weighted by molar-refractivity contribution is -0.384. The predicted octanol–water partition coefficient (Wildman–Crippen LogP) is 2.10. The second-order valence-electron chi connectivity index (χ2n) is 5.10. The minimum Gasteiger partial charge on any atom is -0.384 e. The summed E-state index contributed by atoms with van der Waals surface area (Å²) in [5, 5.41) is 13.7. The molecule has 0 bridgehead atoms. The van der Waals surface area contributed by atoms with Crippen molar-refractivity contribution in [2.45, 2.75) is 37.6 Å². The number of nitro groups is 1. The first-order valence-corrected chi connectivity index (χ1v) is 8.42. The molecule has 8 heteroatoms. The van der Waals surface area contributed by atoms with Crippen molar-refractivity contribution in [3.8, 4) is 0 Å². The van der Waals surface area contributed by atoms with Gasteiger partial charge in [0.2, 0.25) is 10.0 Å². The number of anilines is 1. The van der Waals surface area contributed by atoms with Gasteiger partial charge in [0, 0.05) is 24.7 Å². The maximum atomic E-state index is 12.4. The minimum absolute atomic E-state index is 0.0235. The van der Waals surface area contributed by atoms with Gasteiger partial charge in [-0.15, -0.1) is 0 Å². The van der Waals surface area contributed by atoms with Crippen LogP contribution in [0.3, 0.4) is 0 Å². The van der Waals surface area contributed by atoms with E-state index in [1.165, 1.54) is 18.2 Å². The first kappa shape index (κ1) is 15.7. The van der Waals surface area contributed by atoms with Crippen LogP contribution in [0.25, 0.3) is 0 Å². The summed E-state index contributed by atoms with van der Waals surface area (Å²) in [5.41, 5.74) is 0.121. The maximum Gasteiger partial charge on any atom is 0.271 e.